The van der Waals surface area contributed by atoms with E-state index >= 15 is 0 Å². The fourth-order valence-corrected chi connectivity index (χ4v) is 3.18. The lowest BCUT2D eigenvalue weighted by Gasteiger charge is -2.08. The molecule has 22 heavy (non-hydrogen) atoms. The summed E-state index contributed by atoms with van der Waals surface area (Å²) in [4.78, 5) is 4.96. The van der Waals surface area contributed by atoms with Crippen LogP contribution in [0.3, 0.4) is 0 Å². The van der Waals surface area contributed by atoms with Gasteiger partial charge in [0.2, 0.25) is 0 Å². The van der Waals surface area contributed by atoms with E-state index in [1.165, 1.54) is 65.8 Å². The van der Waals surface area contributed by atoms with Gasteiger partial charge in [0.25, 0.3) is 0 Å². The van der Waals surface area contributed by atoms with Crippen LogP contribution in [0.4, 0.5) is 0 Å². The topological polar surface area (TPSA) is 12.4 Å². The first-order valence-electron chi connectivity index (χ1n) is 8.63. The first-order valence-corrected chi connectivity index (χ1v) is 8.63. The number of nitrogens with zero attached hydrogens (tertiary/aromatic N) is 1. The summed E-state index contributed by atoms with van der Waals surface area (Å²) in [6.07, 6.45) is 11.9. The molecule has 0 unspecified atom stereocenters. The molecular formula is C21H25N. The molecule has 0 saturated heterocycles. The van der Waals surface area contributed by atoms with Crippen LogP contribution in [0.5, 0.6) is 0 Å². The van der Waals surface area contributed by atoms with E-state index in [9.17, 15) is 0 Å². The molecule has 0 N–H and O–H groups in total. The van der Waals surface area contributed by atoms with Gasteiger partial charge in [0.15, 0.2) is 0 Å². The molecule has 1 heteroatoms. The Hall–Kier alpha value is -1.89. The van der Waals surface area contributed by atoms with Gasteiger partial charge in [-0.05, 0) is 49.0 Å². The Labute approximate surface area is 134 Å². The smallest absolute Gasteiger partial charge is 0.0715 e. The van der Waals surface area contributed by atoms with Crippen molar-refractivity contribution in [1.29, 1.82) is 0 Å². The van der Waals surface area contributed by atoms with Gasteiger partial charge >= 0.3 is 0 Å². The lowest BCUT2D eigenvalue weighted by atomic mass is 9.94. The summed E-state index contributed by atoms with van der Waals surface area (Å²) in [7, 11) is 0. The van der Waals surface area contributed by atoms with Crippen LogP contribution in [0, 0.1) is 0 Å². The maximum Gasteiger partial charge on any atom is 0.0715 e. The molecule has 0 atom stereocenters. The molecule has 1 aromatic rings. The first kappa shape index (κ1) is 15.0. The number of allylic oxidation sites excluding steroid dienone is 4. The molecule has 0 aromatic heterocycles. The van der Waals surface area contributed by atoms with E-state index in [4.69, 9.17) is 4.99 Å². The summed E-state index contributed by atoms with van der Waals surface area (Å²) in [5.41, 5.74) is 7.94. The largest absolute Gasteiger partial charge is 0.252 e. The van der Waals surface area contributed by atoms with E-state index in [2.05, 4.69) is 56.3 Å². The van der Waals surface area contributed by atoms with Gasteiger partial charge in [-0.25, -0.2) is 0 Å². The molecule has 1 nitrogen and oxygen atoms in total. The van der Waals surface area contributed by atoms with Crippen LogP contribution in [0.2, 0.25) is 0 Å². The number of hydrogen-bond donors (Lipinski definition) is 0. The zero-order valence-electron chi connectivity index (χ0n) is 13.7. The number of hydrogen-bond acceptors (Lipinski definition) is 1. The van der Waals surface area contributed by atoms with Crippen LogP contribution in [-0.2, 0) is 0 Å². The van der Waals surface area contributed by atoms with Crippen molar-refractivity contribution in [2.24, 2.45) is 4.99 Å². The Balaban J connectivity index is 1.96. The minimum absolute atomic E-state index is 1.08. The van der Waals surface area contributed by atoms with Crippen LogP contribution in [0.25, 0.3) is 5.57 Å². The van der Waals surface area contributed by atoms with E-state index in [0.717, 1.165) is 6.42 Å². The second-order valence-electron chi connectivity index (χ2n) is 6.17. The maximum atomic E-state index is 4.96. The standard InChI is InChI=1S/C21H25N/c1-3-5-10-16-14-18-20(15-16)22-19(13-6-4-2)21(18)17-11-8-7-9-12-17/h7-9,11-12,14-15H,3-6,10,13H2,1-2H3. The number of rotatable bonds is 7. The summed E-state index contributed by atoms with van der Waals surface area (Å²) < 4.78 is 0. The second kappa shape index (κ2) is 6.91. The van der Waals surface area contributed by atoms with Crippen molar-refractivity contribution in [3.63, 3.8) is 0 Å². The lowest BCUT2D eigenvalue weighted by molar-refractivity contribution is 0.799. The van der Waals surface area contributed by atoms with Crippen LogP contribution >= 0.6 is 0 Å². The Morgan fingerprint density at radius 2 is 1.59 bits per heavy atom. The predicted molar refractivity (Wildman–Crippen MR) is 96.0 cm³/mol. The third-order valence-corrected chi connectivity index (χ3v) is 4.39. The van der Waals surface area contributed by atoms with Gasteiger partial charge in [0.05, 0.1) is 5.70 Å². The zero-order chi connectivity index (χ0) is 15.4. The summed E-state index contributed by atoms with van der Waals surface area (Å²) in [5, 5.41) is 0. The van der Waals surface area contributed by atoms with E-state index in [0.29, 0.717) is 0 Å². The van der Waals surface area contributed by atoms with E-state index in [1.54, 1.807) is 0 Å². The molecule has 114 valence electrons. The normalized spacial score (nSPS) is 16.5. The van der Waals surface area contributed by atoms with Crippen LogP contribution < -0.4 is 0 Å². The highest BCUT2D eigenvalue weighted by Crippen LogP contribution is 2.40. The van der Waals surface area contributed by atoms with E-state index in [-0.39, 0.29) is 0 Å². The van der Waals surface area contributed by atoms with Crippen molar-refractivity contribution in [2.75, 3.05) is 0 Å². The van der Waals surface area contributed by atoms with Gasteiger partial charge in [0.1, 0.15) is 0 Å². The molecule has 0 bridgehead atoms. The highest BCUT2D eigenvalue weighted by Gasteiger charge is 2.26. The molecule has 0 fully saturated rings. The summed E-state index contributed by atoms with van der Waals surface area (Å²) in [5.74, 6) is 0. The maximum absolute atomic E-state index is 4.96. The summed E-state index contributed by atoms with van der Waals surface area (Å²) in [6.45, 7) is 4.49. The Morgan fingerprint density at radius 1 is 0.864 bits per heavy atom. The Bertz CT molecular complexity index is 656. The molecule has 0 spiro atoms. The van der Waals surface area contributed by atoms with Crippen molar-refractivity contribution in [3.8, 4) is 0 Å². The molecule has 0 amide bonds. The third-order valence-electron chi connectivity index (χ3n) is 4.39. The molecule has 2 aliphatic rings. The number of aliphatic imine (C=N–C) groups is 1. The zero-order valence-corrected chi connectivity index (χ0v) is 13.7. The number of benzene rings is 1. The molecule has 1 aromatic carbocycles. The SMILES string of the molecule is CCCCC1=CC2=C(c3ccccc3)C(CCCC)=NC2=C1. The van der Waals surface area contributed by atoms with Crippen molar-refractivity contribution in [1.82, 2.24) is 0 Å². The third kappa shape index (κ3) is 2.99. The predicted octanol–water partition coefficient (Wildman–Crippen LogP) is 6.10. The van der Waals surface area contributed by atoms with Gasteiger partial charge < -0.3 is 0 Å². The lowest BCUT2D eigenvalue weighted by Crippen LogP contribution is -2.00. The van der Waals surface area contributed by atoms with Crippen LogP contribution in [0.15, 0.2) is 64.3 Å². The van der Waals surface area contributed by atoms with Gasteiger partial charge in [-0.2, -0.15) is 0 Å². The molecule has 1 aliphatic heterocycles. The Morgan fingerprint density at radius 3 is 2.32 bits per heavy atom. The molecular weight excluding hydrogens is 266 g/mol. The van der Waals surface area contributed by atoms with Crippen molar-refractivity contribution in [3.05, 3.63) is 64.9 Å². The minimum atomic E-state index is 1.08. The van der Waals surface area contributed by atoms with Gasteiger partial charge in [0, 0.05) is 16.9 Å². The second-order valence-corrected chi connectivity index (χ2v) is 6.17. The first-order chi connectivity index (χ1) is 10.8. The van der Waals surface area contributed by atoms with Crippen molar-refractivity contribution < 1.29 is 0 Å². The molecule has 3 rings (SSSR count). The fraction of sp³-hybridized carbons (Fsp3) is 0.381. The van der Waals surface area contributed by atoms with Crippen molar-refractivity contribution in [2.45, 2.75) is 52.4 Å². The monoisotopic (exact) mass is 291 g/mol. The van der Waals surface area contributed by atoms with Crippen LogP contribution in [-0.4, -0.2) is 5.71 Å². The number of unbranched alkanes of at least 4 members (excludes halogenated alkanes) is 2. The number of fused-ring (bicyclic) bond motifs is 1. The van der Waals surface area contributed by atoms with Crippen LogP contribution in [0.1, 0.15) is 57.9 Å². The highest BCUT2D eigenvalue weighted by atomic mass is 14.8. The minimum Gasteiger partial charge on any atom is -0.252 e. The highest BCUT2D eigenvalue weighted by molar-refractivity contribution is 6.28. The summed E-state index contributed by atoms with van der Waals surface area (Å²) >= 11 is 0. The Kier molecular flexibility index (Phi) is 4.72. The van der Waals surface area contributed by atoms with E-state index in [1.807, 2.05) is 0 Å². The molecule has 1 heterocycles. The molecule has 0 saturated carbocycles. The summed E-state index contributed by atoms with van der Waals surface area (Å²) in [6, 6.07) is 10.8. The quantitative estimate of drug-likeness (QED) is 0.575. The average Bonchev–Trinajstić information content (AvgIpc) is 3.08. The van der Waals surface area contributed by atoms with E-state index < -0.39 is 0 Å². The van der Waals surface area contributed by atoms with Gasteiger partial charge in [-0.1, -0.05) is 57.0 Å². The fourth-order valence-electron chi connectivity index (χ4n) is 3.18. The van der Waals surface area contributed by atoms with Crippen molar-refractivity contribution >= 4 is 11.3 Å². The molecule has 1 aliphatic carbocycles. The van der Waals surface area contributed by atoms with Gasteiger partial charge in [-0.15, -0.1) is 0 Å². The van der Waals surface area contributed by atoms with Gasteiger partial charge in [-0.3, -0.25) is 4.99 Å². The molecule has 0 radical (unpaired) electrons. The average molecular weight is 291 g/mol.